The van der Waals surface area contributed by atoms with Gasteiger partial charge < -0.3 is 10.4 Å². The molecule has 0 bridgehead atoms. The summed E-state index contributed by atoms with van der Waals surface area (Å²) in [6.45, 7) is 2.98. The van der Waals surface area contributed by atoms with E-state index in [4.69, 9.17) is 5.11 Å². The fraction of sp³-hybridized carbons (Fsp3) is 1.00. The van der Waals surface area contributed by atoms with Gasteiger partial charge in [0.2, 0.25) is 0 Å². The van der Waals surface area contributed by atoms with E-state index in [-0.39, 0.29) is 6.10 Å². The first kappa shape index (κ1) is 7.03. The molecule has 2 atom stereocenters. The maximum absolute atomic E-state index is 8.97. The van der Waals surface area contributed by atoms with Crippen molar-refractivity contribution in [1.29, 1.82) is 0 Å². The zero-order valence-corrected chi connectivity index (χ0v) is 5.93. The van der Waals surface area contributed by atoms with Crippen LogP contribution in [-0.4, -0.2) is 23.8 Å². The van der Waals surface area contributed by atoms with Crippen molar-refractivity contribution in [1.82, 2.24) is 5.32 Å². The Morgan fingerprint density at radius 3 is 3.00 bits per heavy atom. The van der Waals surface area contributed by atoms with Crippen LogP contribution in [0.2, 0.25) is 0 Å². The van der Waals surface area contributed by atoms with Crippen molar-refractivity contribution < 1.29 is 5.11 Å². The minimum absolute atomic E-state index is 0.138. The highest BCUT2D eigenvalue weighted by Gasteiger charge is 2.14. The molecule has 2 heteroatoms. The topological polar surface area (TPSA) is 32.3 Å². The van der Waals surface area contributed by atoms with E-state index in [1.165, 1.54) is 12.8 Å². The fourth-order valence-corrected chi connectivity index (χ4v) is 1.37. The van der Waals surface area contributed by atoms with Crippen molar-refractivity contribution >= 4 is 0 Å². The van der Waals surface area contributed by atoms with Crippen molar-refractivity contribution in [3.63, 3.8) is 0 Å². The van der Waals surface area contributed by atoms with E-state index in [1.807, 2.05) is 6.92 Å². The molecular weight excluding hydrogens is 114 g/mol. The Kier molecular flexibility index (Phi) is 2.49. The quantitative estimate of drug-likeness (QED) is 0.569. The smallest absolute Gasteiger partial charge is 0.0526 e. The number of aliphatic hydroxyl groups excluding tert-OH is 1. The Morgan fingerprint density at radius 1 is 1.78 bits per heavy atom. The predicted molar refractivity (Wildman–Crippen MR) is 37.3 cm³/mol. The van der Waals surface area contributed by atoms with Crippen LogP contribution in [0.5, 0.6) is 0 Å². The summed E-state index contributed by atoms with van der Waals surface area (Å²) in [4.78, 5) is 0. The van der Waals surface area contributed by atoms with Crippen molar-refractivity contribution in [3.8, 4) is 0 Å². The van der Waals surface area contributed by atoms with E-state index >= 15 is 0 Å². The Labute approximate surface area is 56.3 Å². The van der Waals surface area contributed by atoms with Crippen LogP contribution in [0.25, 0.3) is 0 Å². The average molecular weight is 129 g/mol. The third kappa shape index (κ3) is 2.33. The molecule has 1 fully saturated rings. The molecule has 0 saturated carbocycles. The Hall–Kier alpha value is -0.0800. The largest absolute Gasteiger partial charge is 0.393 e. The van der Waals surface area contributed by atoms with E-state index < -0.39 is 0 Å². The SMILES string of the molecule is C[C@@H](O)C[C@@H]1CCCN1. The molecule has 1 aliphatic heterocycles. The molecule has 0 aliphatic carbocycles. The summed E-state index contributed by atoms with van der Waals surface area (Å²) in [5.74, 6) is 0. The zero-order valence-electron chi connectivity index (χ0n) is 5.93. The highest BCUT2D eigenvalue weighted by atomic mass is 16.3. The molecule has 1 rings (SSSR count). The summed E-state index contributed by atoms with van der Waals surface area (Å²) in [5, 5.41) is 12.3. The zero-order chi connectivity index (χ0) is 6.69. The molecule has 0 aromatic heterocycles. The molecule has 1 saturated heterocycles. The molecule has 0 unspecified atom stereocenters. The van der Waals surface area contributed by atoms with Gasteiger partial charge in [-0.3, -0.25) is 0 Å². The standard InChI is InChI=1S/C7H15NO/c1-6(9)5-7-3-2-4-8-7/h6-9H,2-5H2,1H3/t6-,7+/m1/s1. The van der Waals surface area contributed by atoms with Gasteiger partial charge in [-0.05, 0) is 32.7 Å². The molecule has 1 aliphatic rings. The average Bonchev–Trinajstić information content (AvgIpc) is 2.15. The van der Waals surface area contributed by atoms with E-state index in [1.54, 1.807) is 0 Å². The molecular formula is C7H15NO. The van der Waals surface area contributed by atoms with Gasteiger partial charge in [-0.1, -0.05) is 0 Å². The van der Waals surface area contributed by atoms with Crippen LogP contribution in [0.3, 0.4) is 0 Å². The van der Waals surface area contributed by atoms with Gasteiger partial charge in [0.05, 0.1) is 6.10 Å². The normalized spacial score (nSPS) is 30.7. The number of hydrogen-bond donors (Lipinski definition) is 2. The minimum Gasteiger partial charge on any atom is -0.393 e. The summed E-state index contributed by atoms with van der Waals surface area (Å²) in [6.07, 6.45) is 3.29. The minimum atomic E-state index is -0.138. The second kappa shape index (κ2) is 3.18. The fourth-order valence-electron chi connectivity index (χ4n) is 1.37. The Morgan fingerprint density at radius 2 is 2.56 bits per heavy atom. The third-order valence-electron chi connectivity index (χ3n) is 1.79. The maximum atomic E-state index is 8.97. The van der Waals surface area contributed by atoms with Crippen LogP contribution in [0, 0.1) is 0 Å². The number of nitrogens with one attached hydrogen (secondary N) is 1. The van der Waals surface area contributed by atoms with Gasteiger partial charge in [-0.25, -0.2) is 0 Å². The molecule has 0 spiro atoms. The van der Waals surface area contributed by atoms with E-state index in [2.05, 4.69) is 5.32 Å². The Balaban J connectivity index is 2.11. The van der Waals surface area contributed by atoms with E-state index in [9.17, 15) is 0 Å². The number of aliphatic hydroxyl groups is 1. The van der Waals surface area contributed by atoms with Gasteiger partial charge in [-0.2, -0.15) is 0 Å². The van der Waals surface area contributed by atoms with Gasteiger partial charge in [0, 0.05) is 6.04 Å². The molecule has 54 valence electrons. The van der Waals surface area contributed by atoms with Crippen LogP contribution in [-0.2, 0) is 0 Å². The first-order valence-corrected chi connectivity index (χ1v) is 3.70. The molecule has 0 aromatic carbocycles. The van der Waals surface area contributed by atoms with Crippen molar-refractivity contribution in [2.45, 2.75) is 38.3 Å². The number of rotatable bonds is 2. The lowest BCUT2D eigenvalue weighted by Gasteiger charge is -2.10. The molecule has 1 heterocycles. The summed E-state index contributed by atoms with van der Waals surface area (Å²) < 4.78 is 0. The summed E-state index contributed by atoms with van der Waals surface area (Å²) in [5.41, 5.74) is 0. The summed E-state index contributed by atoms with van der Waals surface area (Å²) in [6, 6.07) is 0.588. The lowest BCUT2D eigenvalue weighted by molar-refractivity contribution is 0.171. The van der Waals surface area contributed by atoms with Gasteiger partial charge in [0.25, 0.3) is 0 Å². The van der Waals surface area contributed by atoms with Gasteiger partial charge in [0.15, 0.2) is 0 Å². The second-order valence-corrected chi connectivity index (χ2v) is 2.88. The monoisotopic (exact) mass is 129 g/mol. The molecule has 0 aromatic rings. The van der Waals surface area contributed by atoms with E-state index in [0.717, 1.165) is 13.0 Å². The lowest BCUT2D eigenvalue weighted by Crippen LogP contribution is -2.25. The van der Waals surface area contributed by atoms with Crippen molar-refractivity contribution in [2.24, 2.45) is 0 Å². The van der Waals surface area contributed by atoms with Gasteiger partial charge in [-0.15, -0.1) is 0 Å². The highest BCUT2D eigenvalue weighted by Crippen LogP contribution is 2.09. The maximum Gasteiger partial charge on any atom is 0.0526 e. The lowest BCUT2D eigenvalue weighted by atomic mass is 10.1. The van der Waals surface area contributed by atoms with Crippen LogP contribution in [0.4, 0.5) is 0 Å². The molecule has 2 N–H and O–H groups in total. The summed E-state index contributed by atoms with van der Waals surface area (Å²) in [7, 11) is 0. The van der Waals surface area contributed by atoms with Crippen LogP contribution >= 0.6 is 0 Å². The molecule has 0 radical (unpaired) electrons. The van der Waals surface area contributed by atoms with Crippen molar-refractivity contribution in [3.05, 3.63) is 0 Å². The summed E-state index contributed by atoms with van der Waals surface area (Å²) >= 11 is 0. The molecule has 0 amide bonds. The van der Waals surface area contributed by atoms with Gasteiger partial charge >= 0.3 is 0 Å². The van der Waals surface area contributed by atoms with Crippen LogP contribution in [0.1, 0.15) is 26.2 Å². The van der Waals surface area contributed by atoms with Gasteiger partial charge in [0.1, 0.15) is 0 Å². The molecule has 9 heavy (non-hydrogen) atoms. The molecule has 2 nitrogen and oxygen atoms in total. The number of hydrogen-bond acceptors (Lipinski definition) is 2. The predicted octanol–water partition coefficient (Wildman–Crippen LogP) is 0.509. The van der Waals surface area contributed by atoms with Crippen LogP contribution in [0.15, 0.2) is 0 Å². The first-order valence-electron chi connectivity index (χ1n) is 3.70. The van der Waals surface area contributed by atoms with E-state index in [0.29, 0.717) is 6.04 Å². The van der Waals surface area contributed by atoms with Crippen LogP contribution < -0.4 is 5.32 Å². The third-order valence-corrected chi connectivity index (χ3v) is 1.79. The first-order chi connectivity index (χ1) is 4.29. The van der Waals surface area contributed by atoms with Crippen molar-refractivity contribution in [2.75, 3.05) is 6.54 Å². The second-order valence-electron chi connectivity index (χ2n) is 2.88. The Bertz CT molecular complexity index is 77.0. The highest BCUT2D eigenvalue weighted by molar-refractivity contribution is 4.75.